The van der Waals surface area contributed by atoms with Gasteiger partial charge in [0, 0.05) is 18.0 Å². The molecule has 156 valence electrons. The van der Waals surface area contributed by atoms with Gasteiger partial charge in [0.15, 0.2) is 0 Å². The molecule has 1 saturated heterocycles. The molecule has 6 nitrogen and oxygen atoms in total. The summed E-state index contributed by atoms with van der Waals surface area (Å²) in [6, 6.07) is 15.0. The van der Waals surface area contributed by atoms with Crippen LogP contribution in [0, 0.1) is 5.92 Å². The molecular weight excluding hydrogens is 368 g/mol. The molecule has 1 amide bonds. The van der Waals surface area contributed by atoms with Gasteiger partial charge in [-0.1, -0.05) is 13.8 Å². The lowest BCUT2D eigenvalue weighted by molar-refractivity contribution is -0.114. The molecule has 3 rings (SSSR count). The Balaban J connectivity index is 1.38. The average Bonchev–Trinajstić information content (AvgIpc) is 3.25. The van der Waals surface area contributed by atoms with E-state index in [9.17, 15) is 4.79 Å². The molecule has 0 spiro atoms. The second kappa shape index (κ2) is 10.7. The summed E-state index contributed by atoms with van der Waals surface area (Å²) in [4.78, 5) is 12.2. The SMILES string of the molecule is CC(C)COc1ccc(NC(=O)CNc2ccc(OCC3CCCO3)cc2)cc1. The van der Waals surface area contributed by atoms with Crippen LogP contribution in [0.2, 0.25) is 0 Å². The van der Waals surface area contributed by atoms with Gasteiger partial charge >= 0.3 is 0 Å². The lowest BCUT2D eigenvalue weighted by atomic mass is 10.2. The molecule has 0 saturated carbocycles. The molecule has 0 bridgehead atoms. The number of ether oxygens (including phenoxy) is 3. The Morgan fingerprint density at radius 2 is 1.69 bits per heavy atom. The molecule has 2 aromatic carbocycles. The van der Waals surface area contributed by atoms with E-state index in [2.05, 4.69) is 24.5 Å². The number of hydrogen-bond acceptors (Lipinski definition) is 5. The number of carbonyl (C=O) groups excluding carboxylic acids is 1. The molecule has 29 heavy (non-hydrogen) atoms. The molecule has 1 fully saturated rings. The minimum Gasteiger partial charge on any atom is -0.493 e. The minimum absolute atomic E-state index is 0.112. The quantitative estimate of drug-likeness (QED) is 0.623. The van der Waals surface area contributed by atoms with Crippen LogP contribution in [-0.4, -0.2) is 38.4 Å². The number of benzene rings is 2. The third kappa shape index (κ3) is 7.31. The molecular formula is C23H30N2O4. The van der Waals surface area contributed by atoms with Crippen LogP contribution >= 0.6 is 0 Å². The van der Waals surface area contributed by atoms with Crippen molar-refractivity contribution in [3.8, 4) is 11.5 Å². The summed E-state index contributed by atoms with van der Waals surface area (Å²) in [7, 11) is 0. The summed E-state index contributed by atoms with van der Waals surface area (Å²) in [5.74, 6) is 1.97. The van der Waals surface area contributed by atoms with Gasteiger partial charge in [0.25, 0.3) is 0 Å². The van der Waals surface area contributed by atoms with Gasteiger partial charge in [-0.15, -0.1) is 0 Å². The first-order chi connectivity index (χ1) is 14.1. The van der Waals surface area contributed by atoms with Crippen LogP contribution in [0.25, 0.3) is 0 Å². The van der Waals surface area contributed by atoms with E-state index >= 15 is 0 Å². The summed E-state index contributed by atoms with van der Waals surface area (Å²) in [5.41, 5.74) is 1.61. The van der Waals surface area contributed by atoms with Gasteiger partial charge in [0.2, 0.25) is 5.91 Å². The fourth-order valence-corrected chi connectivity index (χ4v) is 2.92. The summed E-state index contributed by atoms with van der Waals surface area (Å²) < 4.78 is 16.9. The third-order valence-corrected chi connectivity index (χ3v) is 4.49. The topological polar surface area (TPSA) is 68.8 Å². The maximum Gasteiger partial charge on any atom is 0.243 e. The van der Waals surface area contributed by atoms with Gasteiger partial charge in [0.1, 0.15) is 18.1 Å². The van der Waals surface area contributed by atoms with Crippen molar-refractivity contribution in [2.45, 2.75) is 32.8 Å². The number of nitrogens with one attached hydrogen (secondary N) is 2. The van der Waals surface area contributed by atoms with Gasteiger partial charge in [0.05, 0.1) is 19.3 Å². The largest absolute Gasteiger partial charge is 0.493 e. The van der Waals surface area contributed by atoms with Crippen LogP contribution in [0.5, 0.6) is 11.5 Å². The van der Waals surface area contributed by atoms with Gasteiger partial charge in [-0.25, -0.2) is 0 Å². The Kier molecular flexibility index (Phi) is 7.76. The third-order valence-electron chi connectivity index (χ3n) is 4.49. The smallest absolute Gasteiger partial charge is 0.243 e. The first-order valence-electron chi connectivity index (χ1n) is 10.2. The van der Waals surface area contributed by atoms with Gasteiger partial charge < -0.3 is 24.8 Å². The first-order valence-corrected chi connectivity index (χ1v) is 10.2. The van der Waals surface area contributed by atoms with E-state index in [4.69, 9.17) is 14.2 Å². The molecule has 1 heterocycles. The molecule has 2 N–H and O–H groups in total. The Morgan fingerprint density at radius 3 is 2.31 bits per heavy atom. The number of carbonyl (C=O) groups is 1. The minimum atomic E-state index is -0.112. The molecule has 1 unspecified atom stereocenters. The zero-order chi connectivity index (χ0) is 20.5. The zero-order valence-electron chi connectivity index (χ0n) is 17.1. The maximum atomic E-state index is 12.2. The van der Waals surface area contributed by atoms with Gasteiger partial charge in [-0.05, 0) is 67.3 Å². The van der Waals surface area contributed by atoms with Crippen molar-refractivity contribution in [1.82, 2.24) is 0 Å². The molecule has 1 atom stereocenters. The number of anilines is 2. The van der Waals surface area contributed by atoms with Crippen molar-refractivity contribution in [3.05, 3.63) is 48.5 Å². The highest BCUT2D eigenvalue weighted by Gasteiger charge is 2.15. The summed E-state index contributed by atoms with van der Waals surface area (Å²) in [6.07, 6.45) is 2.37. The number of rotatable bonds is 10. The highest BCUT2D eigenvalue weighted by molar-refractivity contribution is 5.93. The summed E-state index contributed by atoms with van der Waals surface area (Å²) in [6.45, 7) is 6.47. The highest BCUT2D eigenvalue weighted by Crippen LogP contribution is 2.19. The normalized spacial score (nSPS) is 15.9. The maximum absolute atomic E-state index is 12.2. The van der Waals surface area contributed by atoms with Crippen molar-refractivity contribution < 1.29 is 19.0 Å². The van der Waals surface area contributed by atoms with Gasteiger partial charge in [-0.2, -0.15) is 0 Å². The summed E-state index contributed by atoms with van der Waals surface area (Å²) >= 11 is 0. The second-order valence-electron chi connectivity index (χ2n) is 7.60. The van der Waals surface area contributed by atoms with Crippen LogP contribution in [0.15, 0.2) is 48.5 Å². The Morgan fingerprint density at radius 1 is 1.03 bits per heavy atom. The molecule has 1 aliphatic heterocycles. The van der Waals surface area contributed by atoms with E-state index in [1.807, 2.05) is 48.5 Å². The average molecular weight is 399 g/mol. The number of amides is 1. The zero-order valence-corrected chi connectivity index (χ0v) is 17.1. The van der Waals surface area contributed by atoms with Crippen molar-refractivity contribution in [3.63, 3.8) is 0 Å². The Bertz CT molecular complexity index is 753. The second-order valence-corrected chi connectivity index (χ2v) is 7.60. The summed E-state index contributed by atoms with van der Waals surface area (Å²) in [5, 5.41) is 5.99. The van der Waals surface area contributed by atoms with Crippen molar-refractivity contribution in [2.24, 2.45) is 5.92 Å². The molecule has 0 aliphatic carbocycles. The lowest BCUT2D eigenvalue weighted by Gasteiger charge is -2.12. The van der Waals surface area contributed by atoms with Crippen molar-refractivity contribution in [1.29, 1.82) is 0 Å². The fourth-order valence-electron chi connectivity index (χ4n) is 2.92. The Hall–Kier alpha value is -2.73. The van der Waals surface area contributed by atoms with E-state index in [-0.39, 0.29) is 18.6 Å². The van der Waals surface area contributed by atoms with Crippen LogP contribution in [-0.2, 0) is 9.53 Å². The lowest BCUT2D eigenvalue weighted by Crippen LogP contribution is -2.21. The Labute approximate surface area is 172 Å². The molecule has 0 aromatic heterocycles. The fraction of sp³-hybridized carbons (Fsp3) is 0.435. The molecule has 6 heteroatoms. The van der Waals surface area contributed by atoms with Crippen LogP contribution in [0.1, 0.15) is 26.7 Å². The standard InChI is InChI=1S/C23H30N2O4/c1-17(2)15-28-20-11-7-19(8-12-20)25-23(26)14-24-18-5-9-21(10-6-18)29-16-22-4-3-13-27-22/h5-12,17,22,24H,3-4,13-16H2,1-2H3,(H,25,26). The highest BCUT2D eigenvalue weighted by atomic mass is 16.5. The molecule has 1 aliphatic rings. The van der Waals surface area contributed by atoms with Crippen molar-refractivity contribution >= 4 is 17.3 Å². The van der Waals surface area contributed by atoms with E-state index in [1.165, 1.54) is 0 Å². The van der Waals surface area contributed by atoms with Crippen LogP contribution < -0.4 is 20.1 Å². The first kappa shape index (κ1) is 21.0. The predicted octanol–water partition coefficient (Wildman–Crippen LogP) is 4.33. The molecule has 0 radical (unpaired) electrons. The number of hydrogen-bond donors (Lipinski definition) is 2. The molecule has 2 aromatic rings. The van der Waals surface area contributed by atoms with E-state index in [0.717, 1.165) is 42.3 Å². The van der Waals surface area contributed by atoms with E-state index in [1.54, 1.807) is 0 Å². The predicted molar refractivity (Wildman–Crippen MR) is 115 cm³/mol. The monoisotopic (exact) mass is 398 g/mol. The van der Waals surface area contributed by atoms with E-state index in [0.29, 0.717) is 19.1 Å². The van der Waals surface area contributed by atoms with Crippen molar-refractivity contribution in [2.75, 3.05) is 37.0 Å². The van der Waals surface area contributed by atoms with Crippen LogP contribution in [0.3, 0.4) is 0 Å². The van der Waals surface area contributed by atoms with Crippen LogP contribution in [0.4, 0.5) is 11.4 Å². The van der Waals surface area contributed by atoms with E-state index < -0.39 is 0 Å². The van der Waals surface area contributed by atoms with Gasteiger partial charge in [-0.3, -0.25) is 4.79 Å².